The van der Waals surface area contributed by atoms with Gasteiger partial charge < -0.3 is 25.3 Å². The Balaban J connectivity index is 1.26. The number of aromatic nitrogens is 4. The van der Waals surface area contributed by atoms with Crippen molar-refractivity contribution in [2.75, 3.05) is 36.1 Å². The van der Waals surface area contributed by atoms with Crippen LogP contribution in [0, 0.1) is 6.92 Å². The van der Waals surface area contributed by atoms with Crippen LogP contribution >= 0.6 is 0 Å². The predicted molar refractivity (Wildman–Crippen MR) is 129 cm³/mol. The van der Waals surface area contributed by atoms with Gasteiger partial charge in [-0.1, -0.05) is 0 Å². The molecule has 5 rings (SSSR count). The molecule has 4 heterocycles. The van der Waals surface area contributed by atoms with Crippen LogP contribution in [0.15, 0.2) is 51.9 Å². The Bertz CT molecular complexity index is 1310. The number of rotatable bonds is 6. The third-order valence-corrected chi connectivity index (χ3v) is 5.74. The molecule has 0 spiro atoms. The minimum atomic E-state index is -0.479. The summed E-state index contributed by atoms with van der Waals surface area (Å²) in [6.07, 6.45) is 5.76. The summed E-state index contributed by atoms with van der Waals surface area (Å²) in [5, 5.41) is 9.99. The van der Waals surface area contributed by atoms with Gasteiger partial charge in [0.05, 0.1) is 17.4 Å². The molecule has 10 heteroatoms. The lowest BCUT2D eigenvalue weighted by Gasteiger charge is -2.29. The molecule has 33 heavy (non-hydrogen) atoms. The molecule has 1 aromatic carbocycles. The second-order valence-electron chi connectivity index (χ2n) is 8.35. The number of aryl methyl sites for hydroxylation is 1. The summed E-state index contributed by atoms with van der Waals surface area (Å²) < 4.78 is 5.05. The lowest BCUT2D eigenvalue weighted by Crippen LogP contribution is -2.36. The Labute approximate surface area is 190 Å². The predicted octanol–water partition coefficient (Wildman–Crippen LogP) is 3.61. The number of aromatic amines is 1. The van der Waals surface area contributed by atoms with E-state index < -0.39 is 5.76 Å². The first-order chi connectivity index (χ1) is 16.0. The molecule has 1 fully saturated rings. The molecule has 3 aromatic heterocycles. The summed E-state index contributed by atoms with van der Waals surface area (Å²) in [6, 6.07) is 9.75. The highest BCUT2D eigenvalue weighted by molar-refractivity contribution is 5.78. The van der Waals surface area contributed by atoms with Crippen molar-refractivity contribution in [2.24, 2.45) is 0 Å². The largest absolute Gasteiger partial charge is 0.417 e. The molecule has 0 amide bonds. The number of nitrogens with one attached hydrogen (secondary N) is 4. The number of oxazole rings is 1. The van der Waals surface area contributed by atoms with Gasteiger partial charge >= 0.3 is 5.76 Å². The fourth-order valence-corrected chi connectivity index (χ4v) is 3.84. The SMILES string of the molecule is Cc1cnc(Nc2ccc(NC3CCN(C)CC3)nc2)nc1Nc1ccc2oc(=O)[nH]c2c1. The Morgan fingerprint density at radius 1 is 1.06 bits per heavy atom. The maximum atomic E-state index is 11.4. The van der Waals surface area contributed by atoms with Gasteiger partial charge in [-0.25, -0.2) is 14.8 Å². The number of fused-ring (bicyclic) bond motifs is 1. The molecule has 0 bridgehead atoms. The second-order valence-corrected chi connectivity index (χ2v) is 8.35. The number of pyridine rings is 1. The quantitative estimate of drug-likeness (QED) is 0.351. The molecule has 0 aliphatic carbocycles. The number of hydrogen-bond donors (Lipinski definition) is 4. The molecule has 1 aliphatic heterocycles. The molecule has 0 radical (unpaired) electrons. The summed E-state index contributed by atoms with van der Waals surface area (Å²) >= 11 is 0. The van der Waals surface area contributed by atoms with E-state index in [1.807, 2.05) is 25.1 Å². The van der Waals surface area contributed by atoms with E-state index in [4.69, 9.17) is 4.42 Å². The lowest BCUT2D eigenvalue weighted by atomic mass is 10.1. The molecule has 0 unspecified atom stereocenters. The number of likely N-dealkylation sites (tertiary alicyclic amines) is 1. The van der Waals surface area contributed by atoms with Crippen LogP contribution in [-0.2, 0) is 0 Å². The summed E-state index contributed by atoms with van der Waals surface area (Å²) in [4.78, 5) is 29.9. The zero-order valence-electron chi connectivity index (χ0n) is 18.6. The summed E-state index contributed by atoms with van der Waals surface area (Å²) in [5.74, 6) is 1.51. The first-order valence-electron chi connectivity index (χ1n) is 10.9. The van der Waals surface area contributed by atoms with E-state index in [0.717, 1.165) is 48.7 Å². The van der Waals surface area contributed by atoms with Gasteiger partial charge in [-0.05, 0) is 70.2 Å². The first-order valence-corrected chi connectivity index (χ1v) is 10.9. The summed E-state index contributed by atoms with van der Waals surface area (Å²) in [5.41, 5.74) is 3.59. The maximum absolute atomic E-state index is 11.4. The Morgan fingerprint density at radius 2 is 1.88 bits per heavy atom. The Hall–Kier alpha value is -3.92. The van der Waals surface area contributed by atoms with Crippen molar-refractivity contribution in [3.05, 3.63) is 58.8 Å². The normalized spacial score (nSPS) is 15.0. The van der Waals surface area contributed by atoms with E-state index in [9.17, 15) is 4.79 Å². The average Bonchev–Trinajstić information content (AvgIpc) is 3.18. The zero-order valence-corrected chi connectivity index (χ0v) is 18.6. The van der Waals surface area contributed by atoms with Crippen LogP contribution in [0.4, 0.5) is 29.0 Å². The minimum Gasteiger partial charge on any atom is -0.408 e. The van der Waals surface area contributed by atoms with Crippen molar-refractivity contribution in [3.8, 4) is 0 Å². The third-order valence-electron chi connectivity index (χ3n) is 5.74. The van der Waals surface area contributed by atoms with Gasteiger partial charge in [-0.2, -0.15) is 4.98 Å². The number of hydrogen-bond acceptors (Lipinski definition) is 9. The van der Waals surface area contributed by atoms with Crippen LogP contribution in [0.5, 0.6) is 0 Å². The van der Waals surface area contributed by atoms with Crippen molar-refractivity contribution in [1.82, 2.24) is 24.8 Å². The fourth-order valence-electron chi connectivity index (χ4n) is 3.84. The van der Waals surface area contributed by atoms with E-state index in [0.29, 0.717) is 28.9 Å². The van der Waals surface area contributed by atoms with Crippen molar-refractivity contribution < 1.29 is 4.42 Å². The number of piperidine rings is 1. The van der Waals surface area contributed by atoms with E-state index >= 15 is 0 Å². The Morgan fingerprint density at radius 3 is 2.67 bits per heavy atom. The highest BCUT2D eigenvalue weighted by Gasteiger charge is 2.16. The van der Waals surface area contributed by atoms with Gasteiger partial charge in [-0.15, -0.1) is 0 Å². The topological polar surface area (TPSA) is 124 Å². The van der Waals surface area contributed by atoms with Gasteiger partial charge in [0, 0.05) is 23.5 Å². The second kappa shape index (κ2) is 8.91. The third kappa shape index (κ3) is 4.96. The number of H-pyrrole nitrogens is 1. The molecule has 1 aliphatic rings. The van der Waals surface area contributed by atoms with Crippen LogP contribution in [-0.4, -0.2) is 51.0 Å². The van der Waals surface area contributed by atoms with E-state index in [1.165, 1.54) is 0 Å². The molecule has 4 N–H and O–H groups in total. The highest BCUT2D eigenvalue weighted by Crippen LogP contribution is 2.23. The van der Waals surface area contributed by atoms with E-state index in [-0.39, 0.29) is 0 Å². The van der Waals surface area contributed by atoms with Crippen LogP contribution in [0.25, 0.3) is 11.1 Å². The van der Waals surface area contributed by atoms with E-state index in [1.54, 1.807) is 24.5 Å². The van der Waals surface area contributed by atoms with E-state index in [2.05, 4.69) is 47.8 Å². The Kier molecular flexibility index (Phi) is 5.66. The number of benzene rings is 1. The molecule has 0 saturated carbocycles. The number of nitrogens with zero attached hydrogens (tertiary/aromatic N) is 4. The minimum absolute atomic E-state index is 0.457. The van der Waals surface area contributed by atoms with Gasteiger partial charge in [0.15, 0.2) is 5.58 Å². The molecule has 0 atom stereocenters. The molecule has 1 saturated heterocycles. The van der Waals surface area contributed by atoms with Gasteiger partial charge in [0.25, 0.3) is 0 Å². The molecular weight excluding hydrogens is 420 g/mol. The monoisotopic (exact) mass is 446 g/mol. The van der Waals surface area contributed by atoms with Crippen LogP contribution < -0.4 is 21.7 Å². The van der Waals surface area contributed by atoms with Gasteiger partial charge in [0.1, 0.15) is 11.6 Å². The van der Waals surface area contributed by atoms with Crippen molar-refractivity contribution in [3.63, 3.8) is 0 Å². The van der Waals surface area contributed by atoms with Crippen LogP contribution in [0.3, 0.4) is 0 Å². The lowest BCUT2D eigenvalue weighted by molar-refractivity contribution is 0.263. The van der Waals surface area contributed by atoms with Gasteiger partial charge in [-0.3, -0.25) is 4.98 Å². The standard InChI is InChI=1S/C23H26N8O2/c1-14-12-25-22(30-21(14)27-16-3-5-19-18(11-16)29-23(32)33-19)28-17-4-6-20(24-13-17)26-15-7-9-31(2)10-8-15/h3-6,11-13,15H,7-10H2,1-2H3,(H,24,26)(H,29,32)(H2,25,27,28,30). The summed E-state index contributed by atoms with van der Waals surface area (Å²) in [7, 11) is 2.16. The smallest absolute Gasteiger partial charge is 0.408 e. The average molecular weight is 447 g/mol. The molecule has 170 valence electrons. The molecular formula is C23H26N8O2. The van der Waals surface area contributed by atoms with Crippen molar-refractivity contribution >= 4 is 40.1 Å². The fraction of sp³-hybridized carbons (Fsp3) is 0.304. The maximum Gasteiger partial charge on any atom is 0.417 e. The van der Waals surface area contributed by atoms with Gasteiger partial charge in [0.2, 0.25) is 5.95 Å². The first kappa shape index (κ1) is 21.0. The van der Waals surface area contributed by atoms with Crippen LogP contribution in [0.2, 0.25) is 0 Å². The van der Waals surface area contributed by atoms with Crippen LogP contribution in [0.1, 0.15) is 18.4 Å². The molecule has 4 aromatic rings. The highest BCUT2D eigenvalue weighted by atomic mass is 16.4. The molecule has 10 nitrogen and oxygen atoms in total. The number of anilines is 5. The van der Waals surface area contributed by atoms with Crippen molar-refractivity contribution in [2.45, 2.75) is 25.8 Å². The van der Waals surface area contributed by atoms with Crippen molar-refractivity contribution in [1.29, 1.82) is 0 Å². The zero-order chi connectivity index (χ0) is 22.8. The summed E-state index contributed by atoms with van der Waals surface area (Å²) in [6.45, 7) is 4.13.